The van der Waals surface area contributed by atoms with Crippen molar-refractivity contribution in [3.05, 3.63) is 30.1 Å². The summed E-state index contributed by atoms with van der Waals surface area (Å²) in [5, 5.41) is 5.98. The zero-order chi connectivity index (χ0) is 27.6. The van der Waals surface area contributed by atoms with Crippen molar-refractivity contribution in [3.63, 3.8) is 0 Å². The Labute approximate surface area is 230 Å². The fourth-order valence-corrected chi connectivity index (χ4v) is 5.53. The average molecular weight is 553 g/mol. The molecule has 39 heavy (non-hydrogen) atoms. The van der Waals surface area contributed by atoms with Gasteiger partial charge in [0.2, 0.25) is 5.95 Å². The molecule has 2 aromatic heterocycles. The number of hydroxylamine groups is 1. The van der Waals surface area contributed by atoms with Crippen molar-refractivity contribution < 1.29 is 19.2 Å². The van der Waals surface area contributed by atoms with Crippen LogP contribution in [0.25, 0.3) is 21.3 Å². The van der Waals surface area contributed by atoms with E-state index < -0.39 is 5.41 Å². The summed E-state index contributed by atoms with van der Waals surface area (Å²) in [6.07, 6.45) is 4.62. The lowest BCUT2D eigenvalue weighted by atomic mass is 9.80. The van der Waals surface area contributed by atoms with Gasteiger partial charge < -0.3 is 15.0 Å². The van der Waals surface area contributed by atoms with Gasteiger partial charge in [-0.1, -0.05) is 11.3 Å². The molecule has 1 saturated heterocycles. The lowest BCUT2D eigenvalue weighted by molar-refractivity contribution is -0.155. The summed E-state index contributed by atoms with van der Waals surface area (Å²) in [5.74, 6) is 1.08. The highest BCUT2D eigenvalue weighted by Gasteiger charge is 2.38. The number of piperidine rings is 1. The number of thiazole rings is 1. The van der Waals surface area contributed by atoms with E-state index in [0.29, 0.717) is 61.5 Å². The third kappa shape index (κ3) is 5.64. The summed E-state index contributed by atoms with van der Waals surface area (Å²) in [5.41, 5.74) is 5.61. The SMILES string of the molecule is CCNC(=O)Nc1nc2cc(-c3cnc(N4CCC(C)(C(=O)OCC)CC4)nc3)cc(C3=NC(C)ON3)c2s1. The number of carbonyl (C=O) groups is 2. The fraction of sp³-hybridized carbons (Fsp3) is 0.462. The molecule has 4 heterocycles. The number of amides is 2. The van der Waals surface area contributed by atoms with Gasteiger partial charge in [0.05, 0.1) is 22.2 Å². The number of aromatic nitrogens is 3. The van der Waals surface area contributed by atoms with Crippen molar-refractivity contribution in [2.45, 2.75) is 46.8 Å². The molecule has 3 N–H and O–H groups in total. The molecule has 1 unspecified atom stereocenters. The van der Waals surface area contributed by atoms with Crippen LogP contribution in [0.1, 0.15) is 46.1 Å². The first kappa shape index (κ1) is 26.8. The normalized spacial score (nSPS) is 18.4. The van der Waals surface area contributed by atoms with Gasteiger partial charge in [-0.25, -0.2) is 35.1 Å². The number of hydrogen-bond donors (Lipinski definition) is 3. The molecule has 2 aliphatic heterocycles. The Kier molecular flexibility index (Phi) is 7.62. The largest absolute Gasteiger partial charge is 0.466 e. The van der Waals surface area contributed by atoms with Crippen molar-refractivity contribution >= 4 is 50.5 Å². The Hall–Kier alpha value is -3.84. The number of aliphatic imine (C=N–C) groups is 1. The van der Waals surface area contributed by atoms with Crippen LogP contribution in [0.15, 0.2) is 29.5 Å². The second-order valence-electron chi connectivity index (χ2n) is 9.71. The zero-order valence-corrected chi connectivity index (χ0v) is 23.2. The molecule has 0 saturated carbocycles. The van der Waals surface area contributed by atoms with Gasteiger partial charge in [-0.05, 0) is 58.2 Å². The Bertz CT molecular complexity index is 1400. The van der Waals surface area contributed by atoms with Crippen LogP contribution in [0.5, 0.6) is 0 Å². The van der Waals surface area contributed by atoms with Gasteiger partial charge in [-0.3, -0.25) is 10.1 Å². The molecule has 206 valence electrons. The van der Waals surface area contributed by atoms with E-state index in [1.54, 1.807) is 12.4 Å². The molecule has 1 atom stereocenters. The maximum Gasteiger partial charge on any atom is 0.321 e. The lowest BCUT2D eigenvalue weighted by Crippen LogP contribution is -2.44. The average Bonchev–Trinajstić information content (AvgIpc) is 3.54. The third-order valence-electron chi connectivity index (χ3n) is 6.83. The second kappa shape index (κ2) is 11.1. The molecule has 1 aromatic carbocycles. The molecule has 1 fully saturated rings. The first-order valence-corrected chi connectivity index (χ1v) is 13.8. The Morgan fingerprint density at radius 3 is 2.59 bits per heavy atom. The molecule has 2 amide bonds. The standard InChI is InChI=1S/C26H32N8O4S/c1-5-27-24(36)32-25-31-19-12-16(11-18(20(19)39-25)21-30-15(3)38-33-21)17-13-28-23(29-14-17)34-9-7-26(4,8-10-34)22(35)37-6-2/h11-15H,5-10H2,1-4H3,(H,30,33)(H2,27,31,32,36). The van der Waals surface area contributed by atoms with Crippen LogP contribution in [0.2, 0.25) is 0 Å². The van der Waals surface area contributed by atoms with Crippen LogP contribution >= 0.6 is 11.3 Å². The third-order valence-corrected chi connectivity index (χ3v) is 7.85. The van der Waals surface area contributed by atoms with Crippen molar-refractivity contribution in [3.8, 4) is 11.1 Å². The van der Waals surface area contributed by atoms with Crippen LogP contribution in [0, 0.1) is 5.41 Å². The van der Waals surface area contributed by atoms with Crippen molar-refractivity contribution in [1.82, 2.24) is 25.7 Å². The molecule has 13 heteroatoms. The predicted octanol–water partition coefficient (Wildman–Crippen LogP) is 3.69. The van der Waals surface area contributed by atoms with Crippen LogP contribution in [-0.4, -0.2) is 65.3 Å². The number of rotatable bonds is 7. The van der Waals surface area contributed by atoms with Crippen LogP contribution in [-0.2, 0) is 14.4 Å². The van der Waals surface area contributed by atoms with Gasteiger partial charge >= 0.3 is 12.0 Å². The maximum atomic E-state index is 12.4. The minimum atomic E-state index is -0.477. The van der Waals surface area contributed by atoms with E-state index in [1.807, 2.05) is 39.8 Å². The highest BCUT2D eigenvalue weighted by molar-refractivity contribution is 7.22. The Balaban J connectivity index is 1.40. The van der Waals surface area contributed by atoms with E-state index in [2.05, 4.69) is 41.0 Å². The summed E-state index contributed by atoms with van der Waals surface area (Å²) in [6.45, 7) is 9.74. The minimum Gasteiger partial charge on any atom is -0.466 e. The number of fused-ring (bicyclic) bond motifs is 1. The van der Waals surface area contributed by atoms with Crippen molar-refractivity contribution in [2.75, 3.05) is 36.5 Å². The Morgan fingerprint density at radius 2 is 1.95 bits per heavy atom. The van der Waals surface area contributed by atoms with Crippen molar-refractivity contribution in [2.24, 2.45) is 10.4 Å². The summed E-state index contributed by atoms with van der Waals surface area (Å²) >= 11 is 1.37. The van der Waals surface area contributed by atoms with Crippen LogP contribution in [0.3, 0.4) is 0 Å². The Morgan fingerprint density at radius 1 is 1.21 bits per heavy atom. The molecule has 2 aliphatic rings. The molecule has 3 aromatic rings. The van der Waals surface area contributed by atoms with E-state index in [4.69, 9.17) is 9.57 Å². The number of benzene rings is 1. The number of anilines is 2. The van der Waals surface area contributed by atoms with E-state index in [1.165, 1.54) is 11.3 Å². The number of ether oxygens (including phenoxy) is 1. The molecular weight excluding hydrogens is 520 g/mol. The van der Waals surface area contributed by atoms with Crippen LogP contribution < -0.4 is 21.0 Å². The van der Waals surface area contributed by atoms with Gasteiger partial charge in [0, 0.05) is 43.2 Å². The molecule has 12 nitrogen and oxygen atoms in total. The van der Waals surface area contributed by atoms with E-state index in [9.17, 15) is 9.59 Å². The van der Waals surface area contributed by atoms with Gasteiger partial charge in [-0.2, -0.15) is 0 Å². The zero-order valence-electron chi connectivity index (χ0n) is 22.4. The quantitative estimate of drug-likeness (QED) is 0.374. The summed E-state index contributed by atoms with van der Waals surface area (Å²) in [7, 11) is 0. The number of nitrogens with zero attached hydrogens (tertiary/aromatic N) is 5. The van der Waals surface area contributed by atoms with Gasteiger partial charge in [0.15, 0.2) is 17.2 Å². The maximum absolute atomic E-state index is 12.4. The summed E-state index contributed by atoms with van der Waals surface area (Å²) < 4.78 is 6.13. The number of nitrogens with one attached hydrogen (secondary N) is 3. The minimum absolute atomic E-state index is 0.139. The second-order valence-corrected chi connectivity index (χ2v) is 10.7. The van der Waals surface area contributed by atoms with Crippen LogP contribution in [0.4, 0.5) is 15.9 Å². The molecule has 0 radical (unpaired) electrons. The van der Waals surface area contributed by atoms with Crippen molar-refractivity contribution in [1.29, 1.82) is 0 Å². The fourth-order valence-electron chi connectivity index (χ4n) is 4.57. The number of amidine groups is 1. The molecule has 0 spiro atoms. The topological polar surface area (TPSA) is 143 Å². The number of esters is 1. The molecule has 5 rings (SSSR count). The first-order valence-electron chi connectivity index (χ1n) is 13.0. The summed E-state index contributed by atoms with van der Waals surface area (Å²) in [4.78, 5) is 50.4. The molecule has 0 aliphatic carbocycles. The van der Waals surface area contributed by atoms with E-state index in [0.717, 1.165) is 21.4 Å². The monoisotopic (exact) mass is 552 g/mol. The van der Waals surface area contributed by atoms with Gasteiger partial charge in [-0.15, -0.1) is 0 Å². The van der Waals surface area contributed by atoms with E-state index in [-0.39, 0.29) is 18.2 Å². The number of hydrogen-bond acceptors (Lipinski definition) is 11. The molecular formula is C26H32N8O4S. The molecule has 0 bridgehead atoms. The number of carbonyl (C=O) groups excluding carboxylic acids is 2. The van der Waals surface area contributed by atoms with Gasteiger partial charge in [0.1, 0.15) is 0 Å². The first-order chi connectivity index (χ1) is 18.8. The number of urea groups is 1. The highest BCUT2D eigenvalue weighted by atomic mass is 32.1. The predicted molar refractivity (Wildman–Crippen MR) is 150 cm³/mol. The lowest BCUT2D eigenvalue weighted by Gasteiger charge is -2.37. The highest BCUT2D eigenvalue weighted by Crippen LogP contribution is 2.36. The van der Waals surface area contributed by atoms with Gasteiger partial charge in [0.25, 0.3) is 0 Å². The smallest absolute Gasteiger partial charge is 0.321 e. The van der Waals surface area contributed by atoms with E-state index >= 15 is 0 Å². The summed E-state index contributed by atoms with van der Waals surface area (Å²) in [6, 6.07) is 3.63.